The normalized spacial score (nSPS) is 15.0. The molecule has 2 rings (SSSR count). The topological polar surface area (TPSA) is 9.23 Å². The van der Waals surface area contributed by atoms with Gasteiger partial charge in [-0.1, -0.05) is 39.8 Å². The fourth-order valence-electron chi connectivity index (χ4n) is 1.97. The Hall–Kier alpha value is -0.890. The summed E-state index contributed by atoms with van der Waals surface area (Å²) in [6, 6.07) is 5.51. The Balaban J connectivity index is 0.000000659. The monoisotopic (exact) mass is 254 g/mol. The van der Waals surface area contributed by atoms with E-state index in [-0.39, 0.29) is 5.82 Å². The first-order valence-corrected chi connectivity index (χ1v) is 7.11. The number of benzene rings is 1. The predicted octanol–water partition coefficient (Wildman–Crippen LogP) is 5.08. The standard InChI is InChI=1S/C12H15FO.2C2H6/c1-9-2-3-11(12(13)8-9)10-4-6-14-7-5-10;2*1-2/h2-3,8,10H,4-7H2,1H3;2*1-2H3. The summed E-state index contributed by atoms with van der Waals surface area (Å²) in [5.74, 6) is 0.293. The van der Waals surface area contributed by atoms with E-state index < -0.39 is 0 Å². The fourth-order valence-corrected chi connectivity index (χ4v) is 1.97. The highest BCUT2D eigenvalue weighted by Crippen LogP contribution is 2.28. The van der Waals surface area contributed by atoms with Gasteiger partial charge in [0.25, 0.3) is 0 Å². The minimum atomic E-state index is -0.0584. The molecule has 0 spiro atoms. The predicted molar refractivity (Wildman–Crippen MR) is 76.6 cm³/mol. The minimum Gasteiger partial charge on any atom is -0.381 e. The van der Waals surface area contributed by atoms with Crippen molar-refractivity contribution in [2.75, 3.05) is 13.2 Å². The molecule has 1 aromatic rings. The first-order chi connectivity index (χ1) is 8.77. The lowest BCUT2D eigenvalue weighted by Gasteiger charge is -2.22. The highest BCUT2D eigenvalue weighted by atomic mass is 19.1. The van der Waals surface area contributed by atoms with E-state index in [0.717, 1.165) is 37.2 Å². The second kappa shape index (κ2) is 10.1. The number of halogens is 1. The van der Waals surface area contributed by atoms with Crippen molar-refractivity contribution in [1.29, 1.82) is 0 Å². The molecule has 1 aromatic carbocycles. The maximum absolute atomic E-state index is 13.6. The van der Waals surface area contributed by atoms with Crippen LogP contribution < -0.4 is 0 Å². The SMILES string of the molecule is CC.CC.Cc1ccc(C2CCOCC2)c(F)c1. The molecule has 0 aromatic heterocycles. The molecule has 0 amide bonds. The summed E-state index contributed by atoms with van der Waals surface area (Å²) in [7, 11) is 0. The average molecular weight is 254 g/mol. The lowest BCUT2D eigenvalue weighted by atomic mass is 9.91. The Kier molecular flexibility index (Phi) is 9.57. The van der Waals surface area contributed by atoms with Gasteiger partial charge in [0.2, 0.25) is 0 Å². The molecule has 1 nitrogen and oxygen atoms in total. The van der Waals surface area contributed by atoms with E-state index in [1.165, 1.54) is 0 Å². The lowest BCUT2D eigenvalue weighted by Crippen LogP contribution is -2.15. The number of hydrogen-bond donors (Lipinski definition) is 0. The maximum Gasteiger partial charge on any atom is 0.126 e. The molecule has 0 radical (unpaired) electrons. The van der Waals surface area contributed by atoms with Crippen LogP contribution in [0.2, 0.25) is 0 Å². The van der Waals surface area contributed by atoms with Gasteiger partial charge in [-0.2, -0.15) is 0 Å². The van der Waals surface area contributed by atoms with Crippen LogP contribution in [-0.4, -0.2) is 13.2 Å². The zero-order valence-corrected chi connectivity index (χ0v) is 12.4. The van der Waals surface area contributed by atoms with Gasteiger partial charge in [-0.25, -0.2) is 4.39 Å². The molecular formula is C16H27FO. The van der Waals surface area contributed by atoms with E-state index in [1.807, 2.05) is 46.8 Å². The molecular weight excluding hydrogens is 227 g/mol. The quantitative estimate of drug-likeness (QED) is 0.679. The van der Waals surface area contributed by atoms with Crippen LogP contribution in [0, 0.1) is 12.7 Å². The summed E-state index contributed by atoms with van der Waals surface area (Å²) in [5.41, 5.74) is 1.84. The maximum atomic E-state index is 13.6. The first-order valence-electron chi connectivity index (χ1n) is 7.11. The molecule has 1 fully saturated rings. The van der Waals surface area contributed by atoms with Crippen molar-refractivity contribution in [3.05, 3.63) is 35.1 Å². The van der Waals surface area contributed by atoms with Crippen LogP contribution in [0.5, 0.6) is 0 Å². The largest absolute Gasteiger partial charge is 0.381 e. The Labute approximate surface area is 111 Å². The van der Waals surface area contributed by atoms with Crippen LogP contribution in [0.3, 0.4) is 0 Å². The minimum absolute atomic E-state index is 0.0584. The third-order valence-electron chi connectivity index (χ3n) is 2.82. The van der Waals surface area contributed by atoms with E-state index in [9.17, 15) is 4.39 Å². The zero-order valence-electron chi connectivity index (χ0n) is 12.4. The number of rotatable bonds is 1. The van der Waals surface area contributed by atoms with Gasteiger partial charge in [-0.05, 0) is 42.9 Å². The second-order valence-corrected chi connectivity index (χ2v) is 3.91. The molecule has 1 saturated heterocycles. The molecule has 1 heterocycles. The molecule has 0 bridgehead atoms. The molecule has 1 aliphatic heterocycles. The second-order valence-electron chi connectivity index (χ2n) is 3.91. The molecule has 0 aliphatic carbocycles. The van der Waals surface area contributed by atoms with Crippen LogP contribution in [-0.2, 0) is 4.74 Å². The van der Waals surface area contributed by atoms with Gasteiger partial charge in [-0.3, -0.25) is 0 Å². The van der Waals surface area contributed by atoms with Gasteiger partial charge in [0.05, 0.1) is 0 Å². The van der Waals surface area contributed by atoms with Crippen molar-refractivity contribution in [3.63, 3.8) is 0 Å². The molecule has 104 valence electrons. The van der Waals surface area contributed by atoms with E-state index in [1.54, 1.807) is 6.07 Å². The molecule has 0 N–H and O–H groups in total. The van der Waals surface area contributed by atoms with Gasteiger partial charge < -0.3 is 4.74 Å². The lowest BCUT2D eigenvalue weighted by molar-refractivity contribution is 0.0846. The van der Waals surface area contributed by atoms with Crippen molar-refractivity contribution in [3.8, 4) is 0 Å². The van der Waals surface area contributed by atoms with Crippen LogP contribution in [0.1, 0.15) is 57.6 Å². The van der Waals surface area contributed by atoms with Crippen molar-refractivity contribution < 1.29 is 9.13 Å². The van der Waals surface area contributed by atoms with E-state index in [2.05, 4.69) is 0 Å². The van der Waals surface area contributed by atoms with Crippen LogP contribution in [0.4, 0.5) is 4.39 Å². The van der Waals surface area contributed by atoms with Crippen LogP contribution in [0.15, 0.2) is 18.2 Å². The van der Waals surface area contributed by atoms with Gasteiger partial charge in [-0.15, -0.1) is 0 Å². The van der Waals surface area contributed by atoms with Crippen molar-refractivity contribution in [1.82, 2.24) is 0 Å². The van der Waals surface area contributed by atoms with Crippen LogP contribution >= 0.6 is 0 Å². The zero-order chi connectivity index (χ0) is 14.0. The number of ether oxygens (including phenoxy) is 1. The summed E-state index contributed by atoms with van der Waals surface area (Å²) in [4.78, 5) is 0. The highest BCUT2D eigenvalue weighted by Gasteiger charge is 2.18. The van der Waals surface area contributed by atoms with Gasteiger partial charge >= 0.3 is 0 Å². The van der Waals surface area contributed by atoms with Gasteiger partial charge in [0.1, 0.15) is 5.82 Å². The molecule has 2 heteroatoms. The summed E-state index contributed by atoms with van der Waals surface area (Å²) < 4.78 is 18.9. The Morgan fingerprint density at radius 3 is 2.11 bits per heavy atom. The van der Waals surface area contributed by atoms with Gasteiger partial charge in [0.15, 0.2) is 0 Å². The smallest absolute Gasteiger partial charge is 0.126 e. The highest BCUT2D eigenvalue weighted by molar-refractivity contribution is 5.26. The van der Waals surface area contributed by atoms with Gasteiger partial charge in [0, 0.05) is 13.2 Å². The van der Waals surface area contributed by atoms with Crippen LogP contribution in [0.25, 0.3) is 0 Å². The molecule has 0 unspecified atom stereocenters. The van der Waals surface area contributed by atoms with Crippen molar-refractivity contribution in [2.45, 2.75) is 53.4 Å². The summed E-state index contributed by atoms with van der Waals surface area (Å²) in [6.07, 6.45) is 1.89. The Morgan fingerprint density at radius 1 is 1.06 bits per heavy atom. The molecule has 0 saturated carbocycles. The average Bonchev–Trinajstić information content (AvgIpc) is 2.44. The van der Waals surface area contributed by atoms with E-state index >= 15 is 0 Å². The summed E-state index contributed by atoms with van der Waals surface area (Å²) in [5, 5.41) is 0. The summed E-state index contributed by atoms with van der Waals surface area (Å²) >= 11 is 0. The first kappa shape index (κ1) is 17.1. The summed E-state index contributed by atoms with van der Waals surface area (Å²) in [6.45, 7) is 11.4. The molecule has 0 atom stereocenters. The van der Waals surface area contributed by atoms with Crippen molar-refractivity contribution >= 4 is 0 Å². The molecule has 1 aliphatic rings. The third-order valence-corrected chi connectivity index (χ3v) is 2.82. The Bertz CT molecular complexity index is 317. The third kappa shape index (κ3) is 5.18. The molecule has 18 heavy (non-hydrogen) atoms. The Morgan fingerprint density at radius 2 is 1.61 bits per heavy atom. The fraction of sp³-hybridized carbons (Fsp3) is 0.625. The van der Waals surface area contributed by atoms with Crippen molar-refractivity contribution in [2.24, 2.45) is 0 Å². The van der Waals surface area contributed by atoms with E-state index in [4.69, 9.17) is 4.74 Å². The van der Waals surface area contributed by atoms with E-state index in [0.29, 0.717) is 5.92 Å². The number of hydrogen-bond acceptors (Lipinski definition) is 1. The number of aryl methyl sites for hydroxylation is 1.